The molecule has 0 spiro atoms. The molecule has 0 aromatic heterocycles. The molecule has 1 aliphatic heterocycles. The van der Waals surface area contributed by atoms with Gasteiger partial charge in [-0.2, -0.15) is 0 Å². The van der Waals surface area contributed by atoms with Gasteiger partial charge >= 0.3 is 5.97 Å². The predicted molar refractivity (Wildman–Crippen MR) is 127 cm³/mol. The number of aliphatic imine (C=N–C) groups is 1. The Morgan fingerprint density at radius 2 is 1.87 bits per heavy atom. The van der Waals surface area contributed by atoms with Crippen molar-refractivity contribution in [1.82, 2.24) is 0 Å². The van der Waals surface area contributed by atoms with Gasteiger partial charge in [-0.25, -0.2) is 9.79 Å². The van der Waals surface area contributed by atoms with E-state index in [4.69, 9.17) is 14.2 Å². The normalized spacial score (nSPS) is 15.2. The highest BCUT2D eigenvalue weighted by Crippen LogP contribution is 2.35. The van der Waals surface area contributed by atoms with E-state index in [1.807, 2.05) is 36.4 Å². The quantitative estimate of drug-likeness (QED) is 0.278. The van der Waals surface area contributed by atoms with Gasteiger partial charge in [0.2, 0.25) is 5.90 Å². The Bertz CT molecular complexity index is 1000. The summed E-state index contributed by atoms with van der Waals surface area (Å²) < 4.78 is 17.6. The van der Waals surface area contributed by atoms with Crippen molar-refractivity contribution in [2.45, 2.75) is 39.5 Å². The van der Waals surface area contributed by atoms with Gasteiger partial charge in [0.05, 0.1) is 17.3 Å². The van der Waals surface area contributed by atoms with Crippen molar-refractivity contribution in [3.63, 3.8) is 0 Å². The van der Waals surface area contributed by atoms with Crippen molar-refractivity contribution >= 4 is 40.5 Å². The molecule has 0 N–H and O–H groups in total. The number of halogens is 1. The Labute approximate surface area is 191 Å². The van der Waals surface area contributed by atoms with Crippen LogP contribution in [0.25, 0.3) is 6.08 Å². The zero-order chi connectivity index (χ0) is 21.9. The van der Waals surface area contributed by atoms with E-state index in [2.05, 4.69) is 55.3 Å². The molecule has 0 fully saturated rings. The summed E-state index contributed by atoms with van der Waals surface area (Å²) in [6, 6.07) is 11.7. The predicted octanol–water partition coefficient (Wildman–Crippen LogP) is 5.73. The first-order valence-corrected chi connectivity index (χ1v) is 10.9. The fourth-order valence-corrected chi connectivity index (χ4v) is 3.75. The number of rotatable bonds is 6. The van der Waals surface area contributed by atoms with E-state index in [1.54, 1.807) is 13.2 Å². The molecule has 6 heteroatoms. The van der Waals surface area contributed by atoms with Crippen molar-refractivity contribution in [1.29, 1.82) is 0 Å². The molecular weight excluding hydrogens is 493 g/mol. The van der Waals surface area contributed by atoms with E-state index in [0.29, 0.717) is 24.0 Å². The molecule has 0 amide bonds. The molecule has 1 aliphatic rings. The van der Waals surface area contributed by atoms with Crippen LogP contribution in [0.3, 0.4) is 0 Å². The summed E-state index contributed by atoms with van der Waals surface area (Å²) in [5, 5.41) is 0. The van der Waals surface area contributed by atoms with Crippen LogP contribution in [-0.2, 0) is 14.9 Å². The lowest BCUT2D eigenvalue weighted by Gasteiger charge is -2.18. The van der Waals surface area contributed by atoms with Gasteiger partial charge in [-0.15, -0.1) is 0 Å². The van der Waals surface area contributed by atoms with Crippen LogP contribution in [0.1, 0.15) is 50.8 Å². The van der Waals surface area contributed by atoms with E-state index in [9.17, 15) is 4.79 Å². The highest BCUT2D eigenvalue weighted by molar-refractivity contribution is 14.1. The summed E-state index contributed by atoms with van der Waals surface area (Å²) >= 11 is 2.20. The Morgan fingerprint density at radius 3 is 2.47 bits per heavy atom. The summed E-state index contributed by atoms with van der Waals surface area (Å²) in [5.41, 5.74) is 3.08. The maximum Gasteiger partial charge on any atom is 0.363 e. The van der Waals surface area contributed by atoms with Crippen molar-refractivity contribution in [3.05, 3.63) is 62.4 Å². The molecule has 0 unspecified atom stereocenters. The van der Waals surface area contributed by atoms with Crippen molar-refractivity contribution in [2.24, 2.45) is 4.99 Å². The molecule has 158 valence electrons. The van der Waals surface area contributed by atoms with Crippen LogP contribution >= 0.6 is 22.6 Å². The standard InChI is InChI=1S/C24H26INO4/c1-6-11-29-21-18(25)12-15(14-20(21)28-5)13-19-23(27)30-22(26-19)16-7-9-17(10-8-16)24(2,3)4/h7-10,12-14H,6,11H2,1-5H3. The van der Waals surface area contributed by atoms with E-state index in [0.717, 1.165) is 21.1 Å². The van der Waals surface area contributed by atoms with E-state index >= 15 is 0 Å². The first-order chi connectivity index (χ1) is 14.2. The van der Waals surface area contributed by atoms with E-state index in [-0.39, 0.29) is 11.1 Å². The molecule has 1 heterocycles. The maximum absolute atomic E-state index is 12.4. The topological polar surface area (TPSA) is 57.1 Å². The fraction of sp³-hybridized carbons (Fsp3) is 0.333. The molecule has 3 rings (SSSR count). The first-order valence-electron chi connectivity index (χ1n) is 9.86. The Kier molecular flexibility index (Phi) is 6.85. The van der Waals surface area contributed by atoms with Gasteiger partial charge in [-0.1, -0.05) is 39.8 Å². The third-order valence-corrected chi connectivity index (χ3v) is 5.43. The zero-order valence-electron chi connectivity index (χ0n) is 17.9. The number of hydrogen-bond acceptors (Lipinski definition) is 5. The lowest BCUT2D eigenvalue weighted by molar-refractivity contribution is -0.129. The number of hydrogen-bond donors (Lipinski definition) is 0. The van der Waals surface area contributed by atoms with Crippen LogP contribution in [-0.4, -0.2) is 25.6 Å². The molecule has 0 saturated carbocycles. The Morgan fingerprint density at radius 1 is 1.17 bits per heavy atom. The molecule has 2 aromatic carbocycles. The minimum atomic E-state index is -0.467. The number of ether oxygens (including phenoxy) is 3. The van der Waals surface area contributed by atoms with Crippen LogP contribution in [0.4, 0.5) is 0 Å². The summed E-state index contributed by atoms with van der Waals surface area (Å²) in [6.07, 6.45) is 2.61. The molecule has 0 saturated heterocycles. The number of methoxy groups -OCH3 is 1. The second-order valence-electron chi connectivity index (χ2n) is 8.05. The maximum atomic E-state index is 12.4. The fourth-order valence-electron chi connectivity index (χ4n) is 2.97. The number of nitrogens with zero attached hydrogens (tertiary/aromatic N) is 1. The molecule has 2 aromatic rings. The highest BCUT2D eigenvalue weighted by atomic mass is 127. The Balaban J connectivity index is 1.89. The van der Waals surface area contributed by atoms with Crippen molar-refractivity contribution in [3.8, 4) is 11.5 Å². The molecule has 0 bridgehead atoms. The molecule has 0 atom stereocenters. The molecule has 0 aliphatic carbocycles. The Hall–Kier alpha value is -2.35. The average Bonchev–Trinajstić information content (AvgIpc) is 3.06. The first kappa shape index (κ1) is 22.3. The number of carbonyl (C=O) groups is 1. The van der Waals surface area contributed by atoms with Crippen molar-refractivity contribution < 1.29 is 19.0 Å². The molecular formula is C24H26INO4. The largest absolute Gasteiger partial charge is 0.493 e. The zero-order valence-corrected chi connectivity index (χ0v) is 20.1. The number of cyclic esters (lactones) is 1. The minimum absolute atomic E-state index is 0.0565. The van der Waals surface area contributed by atoms with Crippen LogP contribution in [0.2, 0.25) is 0 Å². The van der Waals surface area contributed by atoms with Gasteiger partial charge in [0.15, 0.2) is 17.2 Å². The number of benzene rings is 2. The van der Waals surface area contributed by atoms with Gasteiger partial charge in [0.25, 0.3) is 0 Å². The van der Waals surface area contributed by atoms with Crippen molar-refractivity contribution in [2.75, 3.05) is 13.7 Å². The number of esters is 1. The number of carbonyl (C=O) groups excluding carboxylic acids is 1. The van der Waals surface area contributed by atoms with Gasteiger partial charge in [-0.05, 0) is 75.9 Å². The van der Waals surface area contributed by atoms with E-state index in [1.165, 1.54) is 5.56 Å². The highest BCUT2D eigenvalue weighted by Gasteiger charge is 2.25. The third kappa shape index (κ3) is 5.03. The second-order valence-corrected chi connectivity index (χ2v) is 9.21. The molecule has 0 radical (unpaired) electrons. The summed E-state index contributed by atoms with van der Waals surface area (Å²) in [7, 11) is 1.60. The smallest absolute Gasteiger partial charge is 0.363 e. The lowest BCUT2D eigenvalue weighted by Crippen LogP contribution is -2.11. The summed E-state index contributed by atoms with van der Waals surface area (Å²) in [6.45, 7) is 9.13. The van der Waals surface area contributed by atoms with Gasteiger partial charge < -0.3 is 14.2 Å². The molecule has 5 nitrogen and oxygen atoms in total. The van der Waals surface area contributed by atoms with Gasteiger partial charge in [-0.3, -0.25) is 0 Å². The third-order valence-electron chi connectivity index (χ3n) is 4.62. The second kappa shape index (κ2) is 9.20. The van der Waals surface area contributed by atoms with Gasteiger partial charge in [0.1, 0.15) is 0 Å². The summed E-state index contributed by atoms with van der Waals surface area (Å²) in [5.74, 6) is 1.18. The molecule has 30 heavy (non-hydrogen) atoms. The lowest BCUT2D eigenvalue weighted by atomic mass is 9.87. The summed E-state index contributed by atoms with van der Waals surface area (Å²) in [4.78, 5) is 16.8. The van der Waals surface area contributed by atoms with Gasteiger partial charge in [0, 0.05) is 5.56 Å². The SMILES string of the molecule is CCCOc1c(I)cc(C=C2N=C(c3ccc(C(C)(C)C)cc3)OC2=O)cc1OC. The monoisotopic (exact) mass is 519 g/mol. The van der Waals surface area contributed by atoms with Crippen LogP contribution < -0.4 is 9.47 Å². The van der Waals surface area contributed by atoms with Crippen LogP contribution in [0.15, 0.2) is 47.1 Å². The van der Waals surface area contributed by atoms with Crippen LogP contribution in [0.5, 0.6) is 11.5 Å². The van der Waals surface area contributed by atoms with Crippen LogP contribution in [0, 0.1) is 3.57 Å². The average molecular weight is 519 g/mol. The van der Waals surface area contributed by atoms with E-state index < -0.39 is 5.97 Å². The minimum Gasteiger partial charge on any atom is -0.493 e.